The average molecular weight is 296 g/mol. The minimum absolute atomic E-state index is 0.120. The van der Waals surface area contributed by atoms with Crippen LogP contribution >= 0.6 is 15.9 Å². The molecular weight excluding hydrogens is 282 g/mol. The van der Waals surface area contributed by atoms with Crippen molar-refractivity contribution in [1.82, 2.24) is 4.90 Å². The zero-order valence-corrected chi connectivity index (χ0v) is 11.4. The van der Waals surface area contributed by atoms with E-state index in [1.807, 2.05) is 13.0 Å². The van der Waals surface area contributed by atoms with Gasteiger partial charge in [-0.2, -0.15) is 5.26 Å². The summed E-state index contributed by atoms with van der Waals surface area (Å²) in [4.78, 5) is 13.6. The highest BCUT2D eigenvalue weighted by molar-refractivity contribution is 9.10. The zero-order valence-electron chi connectivity index (χ0n) is 9.83. The molecule has 0 heterocycles. The summed E-state index contributed by atoms with van der Waals surface area (Å²) in [7, 11) is 1.68. The van der Waals surface area contributed by atoms with E-state index in [2.05, 4.69) is 15.9 Å². The third-order valence-electron chi connectivity index (χ3n) is 2.55. The second-order valence-electron chi connectivity index (χ2n) is 3.80. The van der Waals surface area contributed by atoms with E-state index in [9.17, 15) is 4.79 Å². The molecule has 0 aliphatic carbocycles. The lowest BCUT2D eigenvalue weighted by Gasteiger charge is -2.17. The topological polar surface area (TPSA) is 70.1 Å². The van der Waals surface area contributed by atoms with Gasteiger partial charge in [0.15, 0.2) is 0 Å². The average Bonchev–Trinajstić information content (AvgIpc) is 2.29. The molecule has 2 N–H and O–H groups in total. The maximum absolute atomic E-state index is 12.1. The smallest absolute Gasteiger partial charge is 0.254 e. The van der Waals surface area contributed by atoms with Crippen molar-refractivity contribution < 1.29 is 4.79 Å². The maximum Gasteiger partial charge on any atom is 0.254 e. The SMILES string of the molecule is Cc1c(N)cc(Br)cc1C(=O)N(C)CCC#N. The van der Waals surface area contributed by atoms with Crippen molar-refractivity contribution in [2.75, 3.05) is 19.3 Å². The van der Waals surface area contributed by atoms with E-state index < -0.39 is 0 Å². The van der Waals surface area contributed by atoms with Crippen LogP contribution in [0.3, 0.4) is 0 Å². The van der Waals surface area contributed by atoms with Crippen molar-refractivity contribution in [2.24, 2.45) is 0 Å². The molecule has 1 amide bonds. The lowest BCUT2D eigenvalue weighted by atomic mass is 10.1. The fourth-order valence-corrected chi connectivity index (χ4v) is 1.92. The first-order valence-corrected chi connectivity index (χ1v) is 5.94. The third kappa shape index (κ3) is 3.21. The number of nitriles is 1. The molecule has 0 radical (unpaired) electrons. The number of carbonyl (C=O) groups is 1. The highest BCUT2D eigenvalue weighted by Crippen LogP contribution is 2.23. The molecule has 1 aromatic rings. The van der Waals surface area contributed by atoms with Gasteiger partial charge in [0.2, 0.25) is 0 Å². The number of anilines is 1. The van der Waals surface area contributed by atoms with Gasteiger partial charge in [-0.15, -0.1) is 0 Å². The predicted octanol–water partition coefficient (Wildman–Crippen LogP) is 2.33. The van der Waals surface area contributed by atoms with Gasteiger partial charge in [0.25, 0.3) is 5.91 Å². The molecule has 0 unspecified atom stereocenters. The van der Waals surface area contributed by atoms with Crippen molar-refractivity contribution in [3.05, 3.63) is 27.7 Å². The van der Waals surface area contributed by atoms with Crippen LogP contribution in [0, 0.1) is 18.3 Å². The number of hydrogen-bond acceptors (Lipinski definition) is 3. The molecule has 0 aliphatic heterocycles. The van der Waals surface area contributed by atoms with Gasteiger partial charge in [0, 0.05) is 29.3 Å². The van der Waals surface area contributed by atoms with Crippen LogP contribution < -0.4 is 5.73 Å². The monoisotopic (exact) mass is 295 g/mol. The Kier molecular flexibility index (Phi) is 4.53. The number of halogens is 1. The molecule has 17 heavy (non-hydrogen) atoms. The number of nitrogen functional groups attached to an aromatic ring is 1. The Morgan fingerprint density at radius 2 is 2.24 bits per heavy atom. The van der Waals surface area contributed by atoms with Gasteiger partial charge in [0.1, 0.15) is 0 Å². The van der Waals surface area contributed by atoms with Crippen molar-refractivity contribution in [2.45, 2.75) is 13.3 Å². The number of hydrogen-bond donors (Lipinski definition) is 1. The Balaban J connectivity index is 3.00. The lowest BCUT2D eigenvalue weighted by molar-refractivity contribution is 0.0797. The molecule has 1 rings (SSSR count). The van der Waals surface area contributed by atoms with Gasteiger partial charge in [-0.3, -0.25) is 4.79 Å². The Hall–Kier alpha value is -1.54. The summed E-state index contributed by atoms with van der Waals surface area (Å²) in [5.41, 5.74) is 7.72. The lowest BCUT2D eigenvalue weighted by Crippen LogP contribution is -2.28. The minimum Gasteiger partial charge on any atom is -0.398 e. The van der Waals surface area contributed by atoms with Crippen molar-refractivity contribution in [3.63, 3.8) is 0 Å². The van der Waals surface area contributed by atoms with E-state index in [4.69, 9.17) is 11.0 Å². The molecule has 0 bridgehead atoms. The fourth-order valence-electron chi connectivity index (χ4n) is 1.45. The third-order valence-corrected chi connectivity index (χ3v) is 3.01. The first kappa shape index (κ1) is 13.5. The molecule has 5 heteroatoms. The number of benzene rings is 1. The van der Waals surface area contributed by atoms with Crippen molar-refractivity contribution in [3.8, 4) is 6.07 Å². The summed E-state index contributed by atoms with van der Waals surface area (Å²) in [6.45, 7) is 2.23. The summed E-state index contributed by atoms with van der Waals surface area (Å²) in [6.07, 6.45) is 0.324. The van der Waals surface area contributed by atoms with E-state index in [-0.39, 0.29) is 5.91 Å². The summed E-state index contributed by atoms with van der Waals surface area (Å²) in [6, 6.07) is 5.53. The Morgan fingerprint density at radius 3 is 2.82 bits per heavy atom. The van der Waals surface area contributed by atoms with Gasteiger partial charge in [-0.05, 0) is 24.6 Å². The van der Waals surface area contributed by atoms with Crippen LogP contribution in [0.2, 0.25) is 0 Å². The first-order valence-electron chi connectivity index (χ1n) is 5.15. The van der Waals surface area contributed by atoms with E-state index in [0.717, 1.165) is 10.0 Å². The second kappa shape index (κ2) is 5.69. The molecule has 4 nitrogen and oxygen atoms in total. The highest BCUT2D eigenvalue weighted by Gasteiger charge is 2.15. The molecule has 0 saturated heterocycles. The van der Waals surface area contributed by atoms with Crippen molar-refractivity contribution in [1.29, 1.82) is 5.26 Å². The molecule has 0 spiro atoms. The summed E-state index contributed by atoms with van der Waals surface area (Å²) >= 11 is 3.31. The largest absolute Gasteiger partial charge is 0.398 e. The van der Waals surface area contributed by atoms with E-state index in [1.165, 1.54) is 4.90 Å². The number of amides is 1. The van der Waals surface area contributed by atoms with Crippen LogP contribution in [0.15, 0.2) is 16.6 Å². The van der Waals surface area contributed by atoms with Crippen LogP contribution in [-0.4, -0.2) is 24.4 Å². The number of rotatable bonds is 3. The molecule has 0 atom stereocenters. The van der Waals surface area contributed by atoms with E-state index in [1.54, 1.807) is 19.2 Å². The molecule has 90 valence electrons. The van der Waals surface area contributed by atoms with Crippen LogP contribution in [0.4, 0.5) is 5.69 Å². The van der Waals surface area contributed by atoms with Gasteiger partial charge >= 0.3 is 0 Å². The number of nitrogens with zero attached hydrogens (tertiary/aromatic N) is 2. The van der Waals surface area contributed by atoms with Crippen LogP contribution in [0.25, 0.3) is 0 Å². The van der Waals surface area contributed by atoms with E-state index >= 15 is 0 Å². The van der Waals surface area contributed by atoms with Gasteiger partial charge in [-0.1, -0.05) is 15.9 Å². The summed E-state index contributed by atoms with van der Waals surface area (Å²) < 4.78 is 0.776. The van der Waals surface area contributed by atoms with E-state index in [0.29, 0.717) is 24.2 Å². The minimum atomic E-state index is -0.120. The molecule has 1 aromatic carbocycles. The zero-order chi connectivity index (χ0) is 13.0. The molecule has 0 aliphatic rings. The molecule has 0 saturated carbocycles. The number of nitrogens with two attached hydrogens (primary N) is 1. The van der Waals surface area contributed by atoms with Crippen LogP contribution in [-0.2, 0) is 0 Å². The highest BCUT2D eigenvalue weighted by atomic mass is 79.9. The molecular formula is C12H14BrN3O. The normalized spacial score (nSPS) is 9.76. The maximum atomic E-state index is 12.1. The summed E-state index contributed by atoms with van der Waals surface area (Å²) in [5, 5.41) is 8.49. The number of carbonyl (C=O) groups excluding carboxylic acids is 1. The Morgan fingerprint density at radius 1 is 1.59 bits per heavy atom. The van der Waals surface area contributed by atoms with Gasteiger partial charge in [-0.25, -0.2) is 0 Å². The van der Waals surface area contributed by atoms with Crippen molar-refractivity contribution >= 4 is 27.5 Å². The summed E-state index contributed by atoms with van der Waals surface area (Å²) in [5.74, 6) is -0.120. The molecule has 0 aromatic heterocycles. The quantitative estimate of drug-likeness (QED) is 0.870. The first-order chi connectivity index (χ1) is 7.97. The Bertz CT molecular complexity index is 479. The van der Waals surface area contributed by atoms with Gasteiger partial charge in [0.05, 0.1) is 12.5 Å². The van der Waals surface area contributed by atoms with Gasteiger partial charge < -0.3 is 10.6 Å². The molecule has 0 fully saturated rings. The standard InChI is InChI=1S/C12H14BrN3O/c1-8-10(6-9(13)7-11(8)15)12(17)16(2)5-3-4-14/h6-7H,3,5,15H2,1-2H3. The second-order valence-corrected chi connectivity index (χ2v) is 4.72. The Labute approximate surface area is 109 Å². The van der Waals surface area contributed by atoms with Crippen LogP contribution in [0.5, 0.6) is 0 Å². The predicted molar refractivity (Wildman–Crippen MR) is 70.5 cm³/mol. The fraction of sp³-hybridized carbons (Fsp3) is 0.333. The van der Waals surface area contributed by atoms with Crippen LogP contribution in [0.1, 0.15) is 22.3 Å².